The third kappa shape index (κ3) is 2.15. The Balaban J connectivity index is 1.60. The molecule has 2 rings (SSSR count). The van der Waals surface area contributed by atoms with Crippen molar-refractivity contribution >= 4 is 11.8 Å². The summed E-state index contributed by atoms with van der Waals surface area (Å²) < 4.78 is 0. The van der Waals surface area contributed by atoms with E-state index in [1.54, 1.807) is 0 Å². The quantitative estimate of drug-likeness (QED) is 0.696. The molecule has 1 unspecified atom stereocenters. The van der Waals surface area contributed by atoms with Crippen molar-refractivity contribution in [3.05, 3.63) is 0 Å². The highest BCUT2D eigenvalue weighted by Gasteiger charge is 2.22. The summed E-state index contributed by atoms with van der Waals surface area (Å²) in [5.74, 6) is 3.59. The van der Waals surface area contributed by atoms with Crippen LogP contribution in [0.5, 0.6) is 0 Å². The first-order valence-corrected chi connectivity index (χ1v) is 6.00. The Labute approximate surface area is 79.1 Å². The monoisotopic (exact) mass is 186 g/mol. The molecule has 1 atom stereocenters. The molecule has 1 N–H and O–H groups in total. The van der Waals surface area contributed by atoms with Crippen LogP contribution in [0.25, 0.3) is 0 Å². The summed E-state index contributed by atoms with van der Waals surface area (Å²) in [6.07, 6.45) is 1.39. The SMILES string of the molecule is CN1CCC(CNC2CSC2)C1. The molecule has 70 valence electrons. The summed E-state index contributed by atoms with van der Waals surface area (Å²) in [7, 11) is 2.22. The lowest BCUT2D eigenvalue weighted by Crippen LogP contribution is -2.42. The van der Waals surface area contributed by atoms with Gasteiger partial charge in [0, 0.05) is 24.1 Å². The molecule has 2 aliphatic heterocycles. The fraction of sp³-hybridized carbons (Fsp3) is 1.00. The largest absolute Gasteiger partial charge is 0.312 e. The second-order valence-corrected chi connectivity index (χ2v) is 5.13. The maximum atomic E-state index is 3.63. The third-order valence-electron chi connectivity index (χ3n) is 2.82. The normalized spacial score (nSPS) is 32.2. The zero-order chi connectivity index (χ0) is 8.39. The van der Waals surface area contributed by atoms with Crippen LogP contribution in [-0.2, 0) is 0 Å². The number of rotatable bonds is 3. The number of likely N-dealkylation sites (tertiary alicyclic amines) is 1. The molecular formula is C9H18N2S. The standard InChI is InChI=1S/C9H18N2S/c1-11-3-2-8(5-11)4-10-9-6-12-7-9/h8-10H,2-7H2,1H3. The van der Waals surface area contributed by atoms with Crippen LogP contribution in [0.3, 0.4) is 0 Å². The minimum atomic E-state index is 0.834. The van der Waals surface area contributed by atoms with Gasteiger partial charge < -0.3 is 10.2 Å². The van der Waals surface area contributed by atoms with E-state index in [0.29, 0.717) is 0 Å². The lowest BCUT2D eigenvalue weighted by molar-refractivity contribution is 0.383. The predicted molar refractivity (Wildman–Crippen MR) is 54.7 cm³/mol. The molecule has 2 nitrogen and oxygen atoms in total. The molecule has 2 saturated heterocycles. The topological polar surface area (TPSA) is 15.3 Å². The molecule has 0 saturated carbocycles. The van der Waals surface area contributed by atoms with Crippen LogP contribution < -0.4 is 5.32 Å². The number of thioether (sulfide) groups is 1. The molecule has 0 aromatic carbocycles. The molecule has 3 heteroatoms. The highest BCUT2D eigenvalue weighted by molar-refractivity contribution is 8.00. The highest BCUT2D eigenvalue weighted by atomic mass is 32.2. The van der Waals surface area contributed by atoms with Gasteiger partial charge in [-0.1, -0.05) is 0 Å². The second kappa shape index (κ2) is 3.99. The average molecular weight is 186 g/mol. The van der Waals surface area contributed by atoms with E-state index in [0.717, 1.165) is 12.0 Å². The Morgan fingerprint density at radius 2 is 2.33 bits per heavy atom. The van der Waals surface area contributed by atoms with E-state index in [9.17, 15) is 0 Å². The van der Waals surface area contributed by atoms with Crippen LogP contribution >= 0.6 is 11.8 Å². The Morgan fingerprint density at radius 3 is 2.83 bits per heavy atom. The van der Waals surface area contributed by atoms with Crippen LogP contribution in [-0.4, -0.2) is 49.1 Å². The molecule has 0 spiro atoms. The van der Waals surface area contributed by atoms with Gasteiger partial charge in [-0.05, 0) is 32.5 Å². The fourth-order valence-corrected chi connectivity index (χ4v) is 2.59. The molecule has 0 aromatic heterocycles. The lowest BCUT2D eigenvalue weighted by Gasteiger charge is -2.27. The number of nitrogens with one attached hydrogen (secondary N) is 1. The van der Waals surface area contributed by atoms with Crippen molar-refractivity contribution in [1.29, 1.82) is 0 Å². The van der Waals surface area contributed by atoms with E-state index in [-0.39, 0.29) is 0 Å². The zero-order valence-electron chi connectivity index (χ0n) is 7.75. The zero-order valence-corrected chi connectivity index (χ0v) is 8.57. The van der Waals surface area contributed by atoms with Crippen molar-refractivity contribution in [2.75, 3.05) is 38.2 Å². The summed E-state index contributed by atoms with van der Waals surface area (Å²) in [5, 5.41) is 3.63. The van der Waals surface area contributed by atoms with Crippen LogP contribution in [0, 0.1) is 5.92 Å². The third-order valence-corrected chi connectivity index (χ3v) is 4.10. The second-order valence-electron chi connectivity index (χ2n) is 4.06. The molecular weight excluding hydrogens is 168 g/mol. The van der Waals surface area contributed by atoms with Crippen LogP contribution in [0.15, 0.2) is 0 Å². The first kappa shape index (κ1) is 8.85. The Morgan fingerprint density at radius 1 is 1.50 bits per heavy atom. The van der Waals surface area contributed by atoms with Crippen molar-refractivity contribution < 1.29 is 0 Å². The maximum Gasteiger partial charge on any atom is 0.0248 e. The molecule has 0 radical (unpaired) electrons. The minimum Gasteiger partial charge on any atom is -0.312 e. The van der Waals surface area contributed by atoms with E-state index < -0.39 is 0 Å². The molecule has 0 aromatic rings. The van der Waals surface area contributed by atoms with Gasteiger partial charge in [0.05, 0.1) is 0 Å². The highest BCUT2D eigenvalue weighted by Crippen LogP contribution is 2.19. The van der Waals surface area contributed by atoms with E-state index >= 15 is 0 Å². The summed E-state index contributed by atoms with van der Waals surface area (Å²) in [6, 6.07) is 0.834. The summed E-state index contributed by atoms with van der Waals surface area (Å²) in [5.41, 5.74) is 0. The van der Waals surface area contributed by atoms with Gasteiger partial charge in [0.2, 0.25) is 0 Å². The van der Waals surface area contributed by atoms with Crippen molar-refractivity contribution in [3.8, 4) is 0 Å². The lowest BCUT2D eigenvalue weighted by atomic mass is 10.1. The van der Waals surface area contributed by atoms with Crippen molar-refractivity contribution in [2.45, 2.75) is 12.5 Å². The molecule has 0 aliphatic carbocycles. The van der Waals surface area contributed by atoms with E-state index in [2.05, 4.69) is 29.0 Å². The molecule has 2 heterocycles. The minimum absolute atomic E-state index is 0.834. The maximum absolute atomic E-state index is 3.63. The molecule has 2 aliphatic rings. The Kier molecular flexibility index (Phi) is 2.94. The van der Waals surface area contributed by atoms with Gasteiger partial charge >= 0.3 is 0 Å². The van der Waals surface area contributed by atoms with Gasteiger partial charge in [0.25, 0.3) is 0 Å². The first-order chi connectivity index (χ1) is 5.84. The van der Waals surface area contributed by atoms with Gasteiger partial charge in [-0.2, -0.15) is 11.8 Å². The number of nitrogens with zero attached hydrogens (tertiary/aromatic N) is 1. The fourth-order valence-electron chi connectivity index (χ4n) is 1.88. The van der Waals surface area contributed by atoms with Gasteiger partial charge in [-0.25, -0.2) is 0 Å². The van der Waals surface area contributed by atoms with Crippen LogP contribution in [0.2, 0.25) is 0 Å². The smallest absolute Gasteiger partial charge is 0.0248 e. The van der Waals surface area contributed by atoms with Crippen molar-refractivity contribution in [2.24, 2.45) is 5.92 Å². The molecule has 0 bridgehead atoms. The van der Waals surface area contributed by atoms with Crippen molar-refractivity contribution in [1.82, 2.24) is 10.2 Å². The molecule has 2 fully saturated rings. The van der Waals surface area contributed by atoms with Gasteiger partial charge in [-0.3, -0.25) is 0 Å². The number of hydrogen-bond donors (Lipinski definition) is 1. The summed E-state index contributed by atoms with van der Waals surface area (Å²) >= 11 is 2.06. The Hall–Kier alpha value is 0.270. The van der Waals surface area contributed by atoms with Crippen LogP contribution in [0.1, 0.15) is 6.42 Å². The Bertz CT molecular complexity index is 147. The van der Waals surface area contributed by atoms with E-state index in [1.165, 1.54) is 37.6 Å². The summed E-state index contributed by atoms with van der Waals surface area (Å²) in [4.78, 5) is 2.43. The van der Waals surface area contributed by atoms with Gasteiger partial charge in [0.1, 0.15) is 0 Å². The van der Waals surface area contributed by atoms with Crippen LogP contribution in [0.4, 0.5) is 0 Å². The van der Waals surface area contributed by atoms with Gasteiger partial charge in [-0.15, -0.1) is 0 Å². The molecule has 0 amide bonds. The predicted octanol–water partition coefficient (Wildman–Crippen LogP) is 0.643. The first-order valence-electron chi connectivity index (χ1n) is 4.84. The van der Waals surface area contributed by atoms with Gasteiger partial charge in [0.15, 0.2) is 0 Å². The van der Waals surface area contributed by atoms with Crippen molar-refractivity contribution in [3.63, 3.8) is 0 Å². The van der Waals surface area contributed by atoms with E-state index in [1.807, 2.05) is 0 Å². The average Bonchev–Trinajstić information content (AvgIpc) is 2.32. The summed E-state index contributed by atoms with van der Waals surface area (Å²) in [6.45, 7) is 3.84. The van der Waals surface area contributed by atoms with E-state index in [4.69, 9.17) is 0 Å². The number of hydrogen-bond acceptors (Lipinski definition) is 3. The molecule has 12 heavy (non-hydrogen) atoms.